The topological polar surface area (TPSA) is 70.3 Å². The van der Waals surface area contributed by atoms with Crippen LogP contribution in [0.15, 0.2) is 42.0 Å². The predicted octanol–water partition coefficient (Wildman–Crippen LogP) is 4.15. The first kappa shape index (κ1) is 16.6. The number of phenols is 1. The van der Waals surface area contributed by atoms with Gasteiger partial charge in [0.05, 0.1) is 12.1 Å². The molecule has 0 aliphatic carbocycles. The highest BCUT2D eigenvalue weighted by molar-refractivity contribution is 6.32. The van der Waals surface area contributed by atoms with E-state index >= 15 is 0 Å². The lowest BCUT2D eigenvalue weighted by Crippen LogP contribution is -2.02. The molecular formula is C18H14ClNO3. The van der Waals surface area contributed by atoms with E-state index in [0.29, 0.717) is 11.1 Å². The van der Waals surface area contributed by atoms with Gasteiger partial charge >= 0.3 is 0 Å². The number of allylic oxidation sites excluding steroid dienone is 1. The standard InChI is InChI=1S/C18H14ClNO3/c1-11-4-3-5-13(6-11)17(21)14(10-20)7-12-8-15(19)18(22)16(9-12)23-2/h3-9,22H,1-2H3/b14-7-. The van der Waals surface area contributed by atoms with Crippen molar-refractivity contribution in [3.05, 3.63) is 63.7 Å². The Balaban J connectivity index is 2.45. The number of hydrogen-bond acceptors (Lipinski definition) is 4. The number of rotatable bonds is 4. The van der Waals surface area contributed by atoms with Crippen LogP contribution in [0.2, 0.25) is 5.02 Å². The fourth-order valence-corrected chi connectivity index (χ4v) is 2.31. The van der Waals surface area contributed by atoms with Gasteiger partial charge in [-0.2, -0.15) is 5.26 Å². The van der Waals surface area contributed by atoms with Gasteiger partial charge in [0, 0.05) is 5.56 Å². The Kier molecular flexibility index (Phi) is 5.05. The van der Waals surface area contributed by atoms with E-state index in [4.69, 9.17) is 16.3 Å². The van der Waals surface area contributed by atoms with Crippen molar-refractivity contribution >= 4 is 23.5 Å². The van der Waals surface area contributed by atoms with Crippen LogP contribution in [0.3, 0.4) is 0 Å². The number of ketones is 1. The van der Waals surface area contributed by atoms with Crippen LogP contribution in [0.25, 0.3) is 6.08 Å². The highest BCUT2D eigenvalue weighted by atomic mass is 35.5. The maximum Gasteiger partial charge on any atom is 0.203 e. The van der Waals surface area contributed by atoms with E-state index in [1.54, 1.807) is 18.2 Å². The van der Waals surface area contributed by atoms with Gasteiger partial charge in [-0.25, -0.2) is 0 Å². The van der Waals surface area contributed by atoms with Gasteiger partial charge in [-0.1, -0.05) is 35.4 Å². The number of phenolic OH excluding ortho intramolecular Hbond substituents is 1. The van der Waals surface area contributed by atoms with Gasteiger partial charge in [-0.15, -0.1) is 0 Å². The zero-order valence-electron chi connectivity index (χ0n) is 12.6. The molecule has 2 aromatic rings. The minimum atomic E-state index is -0.376. The molecule has 0 aliphatic heterocycles. The Morgan fingerprint density at radius 2 is 2.09 bits per heavy atom. The summed E-state index contributed by atoms with van der Waals surface area (Å²) in [6.45, 7) is 1.87. The molecule has 0 unspecified atom stereocenters. The number of hydrogen-bond donors (Lipinski definition) is 1. The fraction of sp³-hybridized carbons (Fsp3) is 0.111. The molecule has 0 fully saturated rings. The number of carbonyl (C=O) groups excluding carboxylic acids is 1. The van der Waals surface area contributed by atoms with Crippen molar-refractivity contribution in [3.63, 3.8) is 0 Å². The van der Waals surface area contributed by atoms with Crippen LogP contribution in [0.5, 0.6) is 11.5 Å². The average molecular weight is 328 g/mol. The van der Waals surface area contributed by atoms with Crippen LogP contribution in [0, 0.1) is 18.3 Å². The molecule has 23 heavy (non-hydrogen) atoms. The van der Waals surface area contributed by atoms with Crippen molar-refractivity contribution in [2.24, 2.45) is 0 Å². The Morgan fingerprint density at radius 3 is 2.70 bits per heavy atom. The molecule has 5 heteroatoms. The lowest BCUT2D eigenvalue weighted by Gasteiger charge is -2.07. The average Bonchev–Trinajstić information content (AvgIpc) is 2.55. The molecule has 0 atom stereocenters. The summed E-state index contributed by atoms with van der Waals surface area (Å²) in [5, 5.41) is 19.1. The normalized spacial score (nSPS) is 11.0. The van der Waals surface area contributed by atoms with E-state index < -0.39 is 0 Å². The molecule has 0 spiro atoms. The van der Waals surface area contributed by atoms with E-state index in [1.165, 1.54) is 25.3 Å². The Labute approximate surface area is 139 Å². The third-order valence-corrected chi connectivity index (χ3v) is 3.52. The predicted molar refractivity (Wildman–Crippen MR) is 88.8 cm³/mol. The van der Waals surface area contributed by atoms with E-state index in [1.807, 2.05) is 19.1 Å². The van der Waals surface area contributed by atoms with Crippen molar-refractivity contribution < 1.29 is 14.6 Å². The van der Waals surface area contributed by atoms with Gasteiger partial charge in [-0.05, 0) is 36.8 Å². The largest absolute Gasteiger partial charge is 0.503 e. The number of benzene rings is 2. The van der Waals surface area contributed by atoms with Gasteiger partial charge in [0.15, 0.2) is 11.5 Å². The number of methoxy groups -OCH3 is 1. The molecule has 0 amide bonds. The second-order valence-corrected chi connectivity index (χ2v) is 5.33. The minimum Gasteiger partial charge on any atom is -0.503 e. The van der Waals surface area contributed by atoms with Gasteiger partial charge in [0.2, 0.25) is 5.78 Å². The SMILES string of the molecule is COc1cc(/C=C(/C#N)C(=O)c2cccc(C)c2)cc(Cl)c1O. The first-order valence-electron chi connectivity index (χ1n) is 6.76. The summed E-state index contributed by atoms with van der Waals surface area (Å²) < 4.78 is 5.01. The zero-order valence-corrected chi connectivity index (χ0v) is 13.4. The first-order valence-corrected chi connectivity index (χ1v) is 7.13. The molecule has 1 N–H and O–H groups in total. The number of Topliss-reactive ketones (excluding diaryl/α,β-unsaturated/α-hetero) is 1. The number of aryl methyl sites for hydroxylation is 1. The molecule has 0 aromatic heterocycles. The first-order chi connectivity index (χ1) is 11.0. The van der Waals surface area contributed by atoms with Crippen LogP contribution in [0.1, 0.15) is 21.5 Å². The van der Waals surface area contributed by atoms with Crippen LogP contribution in [0.4, 0.5) is 0 Å². The number of nitrogens with zero attached hydrogens (tertiary/aromatic N) is 1. The Hall–Kier alpha value is -2.77. The van der Waals surface area contributed by atoms with E-state index in [-0.39, 0.29) is 27.9 Å². The molecule has 0 saturated carbocycles. The smallest absolute Gasteiger partial charge is 0.203 e. The number of ether oxygens (including phenoxy) is 1. The fourth-order valence-electron chi connectivity index (χ4n) is 2.09. The number of nitriles is 1. The zero-order chi connectivity index (χ0) is 17.0. The molecule has 0 saturated heterocycles. The second kappa shape index (κ2) is 6.99. The second-order valence-electron chi connectivity index (χ2n) is 4.92. The van der Waals surface area contributed by atoms with Crippen molar-refractivity contribution in [2.45, 2.75) is 6.92 Å². The van der Waals surface area contributed by atoms with E-state index in [2.05, 4.69) is 0 Å². The molecule has 0 bridgehead atoms. The molecule has 0 aliphatic rings. The van der Waals surface area contributed by atoms with Crippen molar-refractivity contribution in [1.29, 1.82) is 5.26 Å². The minimum absolute atomic E-state index is 0.0283. The third-order valence-electron chi connectivity index (χ3n) is 3.23. The van der Waals surface area contributed by atoms with Crippen molar-refractivity contribution in [2.75, 3.05) is 7.11 Å². The van der Waals surface area contributed by atoms with Crippen LogP contribution in [-0.4, -0.2) is 18.0 Å². The van der Waals surface area contributed by atoms with Gasteiger partial charge < -0.3 is 9.84 Å². The van der Waals surface area contributed by atoms with E-state index in [0.717, 1.165) is 5.56 Å². The summed E-state index contributed by atoms with van der Waals surface area (Å²) in [5.41, 5.74) is 1.83. The maximum atomic E-state index is 12.4. The lowest BCUT2D eigenvalue weighted by molar-refractivity contribution is 0.104. The molecular weight excluding hydrogens is 314 g/mol. The summed E-state index contributed by atoms with van der Waals surface area (Å²) in [7, 11) is 1.39. The summed E-state index contributed by atoms with van der Waals surface area (Å²) >= 11 is 5.91. The van der Waals surface area contributed by atoms with Gasteiger partial charge in [-0.3, -0.25) is 4.79 Å². The number of carbonyl (C=O) groups is 1. The van der Waals surface area contributed by atoms with Crippen LogP contribution < -0.4 is 4.74 Å². The van der Waals surface area contributed by atoms with Gasteiger partial charge in [0.1, 0.15) is 11.6 Å². The molecule has 116 valence electrons. The Morgan fingerprint density at radius 1 is 1.35 bits per heavy atom. The van der Waals surface area contributed by atoms with E-state index in [9.17, 15) is 15.2 Å². The molecule has 2 aromatic carbocycles. The molecule has 0 radical (unpaired) electrons. The van der Waals surface area contributed by atoms with Crippen molar-refractivity contribution in [3.8, 4) is 17.6 Å². The summed E-state index contributed by atoms with van der Waals surface area (Å²) in [5.74, 6) is -0.391. The van der Waals surface area contributed by atoms with Gasteiger partial charge in [0.25, 0.3) is 0 Å². The molecule has 2 rings (SSSR count). The van der Waals surface area contributed by atoms with Crippen LogP contribution in [-0.2, 0) is 0 Å². The molecule has 0 heterocycles. The highest BCUT2D eigenvalue weighted by Crippen LogP contribution is 2.35. The molecule has 4 nitrogen and oxygen atoms in total. The quantitative estimate of drug-likeness (QED) is 0.520. The monoisotopic (exact) mass is 327 g/mol. The highest BCUT2D eigenvalue weighted by Gasteiger charge is 2.14. The summed E-state index contributed by atoms with van der Waals surface area (Å²) in [6, 6.07) is 11.9. The number of aromatic hydroxyl groups is 1. The summed E-state index contributed by atoms with van der Waals surface area (Å²) in [4.78, 5) is 12.4. The number of halogens is 1. The van der Waals surface area contributed by atoms with Crippen LogP contribution >= 0.6 is 11.6 Å². The maximum absolute atomic E-state index is 12.4. The summed E-state index contributed by atoms with van der Waals surface area (Å²) in [6.07, 6.45) is 1.42. The lowest BCUT2D eigenvalue weighted by atomic mass is 10.0. The third kappa shape index (κ3) is 3.71. The Bertz CT molecular complexity index is 835. The van der Waals surface area contributed by atoms with Crippen molar-refractivity contribution in [1.82, 2.24) is 0 Å².